The molecule has 0 amide bonds. The lowest BCUT2D eigenvalue weighted by Crippen LogP contribution is -2.10. The van der Waals surface area contributed by atoms with Gasteiger partial charge in [-0.15, -0.1) is 0 Å². The molecule has 0 aliphatic rings. The van der Waals surface area contributed by atoms with E-state index in [1.165, 1.54) is 248 Å². The van der Waals surface area contributed by atoms with E-state index < -0.39 is 0 Å². The van der Waals surface area contributed by atoms with Crippen molar-refractivity contribution in [2.75, 3.05) is 0 Å². The molecule has 132 heavy (non-hydrogen) atoms. The third kappa shape index (κ3) is 14.8. The predicted molar refractivity (Wildman–Crippen MR) is 565 cm³/mol. The van der Waals surface area contributed by atoms with Crippen LogP contribution in [0.25, 0.3) is 232 Å². The highest BCUT2D eigenvalue weighted by molar-refractivity contribution is 6.24. The lowest BCUT2D eigenvalue weighted by Gasteiger charge is -2.20. The maximum atomic E-state index is 2.42. The summed E-state index contributed by atoms with van der Waals surface area (Å²) in [7, 11) is 0. The lowest BCUT2D eigenvalue weighted by molar-refractivity contribution is 0.591. The average molecular weight is 1680 g/mol. The van der Waals surface area contributed by atoms with Crippen LogP contribution in [-0.2, 0) is 5.41 Å². The van der Waals surface area contributed by atoms with E-state index >= 15 is 0 Å². The van der Waals surface area contributed by atoms with E-state index in [0.29, 0.717) is 0 Å². The normalized spacial score (nSPS) is 11.7. The highest BCUT2D eigenvalue weighted by Gasteiger charge is 2.25. The summed E-state index contributed by atoms with van der Waals surface area (Å²) >= 11 is 0. The van der Waals surface area contributed by atoms with Crippen LogP contribution in [0.2, 0.25) is 0 Å². The molecule has 2 nitrogen and oxygen atoms in total. The van der Waals surface area contributed by atoms with Gasteiger partial charge in [-0.05, 0) is 280 Å². The number of fused-ring (bicyclic) bond motifs is 10. The van der Waals surface area contributed by atoms with Crippen LogP contribution >= 0.6 is 0 Å². The molecule has 22 aromatic carbocycles. The second kappa shape index (κ2) is 33.6. The van der Waals surface area contributed by atoms with E-state index in [-0.39, 0.29) is 5.41 Å². The third-order valence-electron chi connectivity index (χ3n) is 27.1. The third-order valence-corrected chi connectivity index (χ3v) is 27.1. The maximum Gasteiger partial charge on any atom is 0.0541 e. The molecule has 0 fully saturated rings. The molecule has 0 N–H and O–H groups in total. The van der Waals surface area contributed by atoms with E-state index in [2.05, 4.69) is 523 Å². The van der Waals surface area contributed by atoms with Gasteiger partial charge >= 0.3 is 0 Å². The molecule has 2 aromatic heterocycles. The van der Waals surface area contributed by atoms with Crippen molar-refractivity contribution in [2.24, 2.45) is 0 Å². The lowest BCUT2D eigenvalue weighted by atomic mass is 9.83. The van der Waals surface area contributed by atoms with E-state index in [4.69, 9.17) is 0 Å². The first kappa shape index (κ1) is 80.1. The Bertz CT molecular complexity index is 8480. The van der Waals surface area contributed by atoms with Gasteiger partial charge in [0.05, 0.1) is 22.1 Å². The second-order valence-corrected chi connectivity index (χ2v) is 36.4. The Hall–Kier alpha value is -16.5. The number of rotatable bonds is 14. The molecule has 0 bridgehead atoms. The molecule has 0 saturated carbocycles. The largest absolute Gasteiger partial charge is 0.309 e. The zero-order valence-electron chi connectivity index (χ0n) is 74.5. The van der Waals surface area contributed by atoms with E-state index in [9.17, 15) is 0 Å². The summed E-state index contributed by atoms with van der Waals surface area (Å²) < 4.78 is 4.77. The number of aromatic nitrogens is 2. The second-order valence-electron chi connectivity index (χ2n) is 36.4. The van der Waals surface area contributed by atoms with Gasteiger partial charge in [-0.3, -0.25) is 0 Å². The summed E-state index contributed by atoms with van der Waals surface area (Å²) in [5.74, 6) is 0. The Morgan fingerprint density at radius 2 is 0.356 bits per heavy atom. The van der Waals surface area contributed by atoms with Crippen molar-refractivity contribution in [3.63, 3.8) is 0 Å². The molecular weight excluding hydrogens is 1590 g/mol. The highest BCUT2D eigenvalue weighted by Crippen LogP contribution is 2.50. The first-order valence-electron chi connectivity index (χ1n) is 46.0. The smallest absolute Gasteiger partial charge is 0.0541 e. The Morgan fingerprint density at radius 3 is 0.697 bits per heavy atom. The molecule has 0 unspecified atom stereocenters. The SMILES string of the molecule is CC(C)(C)c1ccc2c(c1)c1cc(-c3ccc(-c4ccc(-c5c6ccc(-c7ccccc7)cc6c(-c6ccc(-c7ccc(-c8ccccc8)cc7)cc6)c6ccc(-c7ccccc7)cc56)cc4)cc3)ccc1n2-c1ccccc1.Cc1ccc2c(-c3ccc(-c4ccc(-c5ccc6c(c5)c5ccccc5n6-c5ccccc5)cc4)cc3)c3cc(C)ccc3c(-c3ccccc3)c2c1. The summed E-state index contributed by atoms with van der Waals surface area (Å²) in [5.41, 5.74) is 40.4. The summed E-state index contributed by atoms with van der Waals surface area (Å²) in [5, 5.41) is 15.2. The minimum atomic E-state index is 0.0396. The molecule has 0 aliphatic carbocycles. The zero-order valence-corrected chi connectivity index (χ0v) is 74.5. The van der Waals surface area contributed by atoms with Crippen molar-refractivity contribution in [1.29, 1.82) is 0 Å². The monoisotopic (exact) mass is 1680 g/mol. The molecule has 0 saturated heterocycles. The zero-order chi connectivity index (χ0) is 88.5. The number of hydrogen-bond donors (Lipinski definition) is 0. The van der Waals surface area contributed by atoms with Crippen molar-refractivity contribution < 1.29 is 0 Å². The molecule has 0 aliphatic heterocycles. The Labute approximate surface area is 771 Å². The fourth-order valence-electron chi connectivity index (χ4n) is 20.4. The van der Waals surface area contributed by atoms with Gasteiger partial charge in [0.25, 0.3) is 0 Å². The Morgan fingerprint density at radius 1 is 0.144 bits per heavy atom. The molecule has 24 aromatic rings. The van der Waals surface area contributed by atoms with Gasteiger partial charge in [0.15, 0.2) is 0 Å². The molecular formula is C130H94N2. The summed E-state index contributed by atoms with van der Waals surface area (Å²) in [6.45, 7) is 11.3. The molecule has 2 heteroatoms. The van der Waals surface area contributed by atoms with Gasteiger partial charge in [-0.1, -0.05) is 432 Å². The number of nitrogens with zero attached hydrogens (tertiary/aromatic N) is 2. The minimum absolute atomic E-state index is 0.0396. The van der Waals surface area contributed by atoms with Crippen LogP contribution in [-0.4, -0.2) is 9.13 Å². The van der Waals surface area contributed by atoms with Crippen molar-refractivity contribution >= 4 is 86.7 Å². The average Bonchev–Trinajstić information content (AvgIpc) is 1.10. The van der Waals surface area contributed by atoms with E-state index in [0.717, 1.165) is 0 Å². The van der Waals surface area contributed by atoms with Crippen LogP contribution in [0.4, 0.5) is 0 Å². The number of benzene rings is 22. The van der Waals surface area contributed by atoms with Crippen molar-refractivity contribution in [3.8, 4) is 145 Å². The van der Waals surface area contributed by atoms with E-state index in [1.54, 1.807) is 0 Å². The quantitative estimate of drug-likeness (QED) is 0.0961. The Balaban J connectivity index is 0.000000162. The van der Waals surface area contributed by atoms with Gasteiger partial charge in [0, 0.05) is 32.9 Å². The van der Waals surface area contributed by atoms with Gasteiger partial charge < -0.3 is 9.13 Å². The number of hydrogen-bond acceptors (Lipinski definition) is 0. The van der Waals surface area contributed by atoms with Gasteiger partial charge in [-0.2, -0.15) is 0 Å². The summed E-state index contributed by atoms with van der Waals surface area (Å²) in [4.78, 5) is 0. The first-order valence-corrected chi connectivity index (χ1v) is 46.0. The van der Waals surface area contributed by atoms with Crippen molar-refractivity contribution in [2.45, 2.75) is 40.0 Å². The predicted octanol–water partition coefficient (Wildman–Crippen LogP) is 36.1. The van der Waals surface area contributed by atoms with Crippen molar-refractivity contribution in [3.05, 3.63) is 496 Å². The summed E-state index contributed by atoms with van der Waals surface area (Å²) in [6, 6.07) is 177. The molecule has 624 valence electrons. The molecule has 0 atom stereocenters. The molecule has 0 radical (unpaired) electrons. The van der Waals surface area contributed by atoms with Crippen LogP contribution in [0.3, 0.4) is 0 Å². The fraction of sp³-hybridized carbons (Fsp3) is 0.0462. The molecule has 2 heterocycles. The molecule has 0 spiro atoms. The van der Waals surface area contributed by atoms with Crippen molar-refractivity contribution in [1.82, 2.24) is 9.13 Å². The van der Waals surface area contributed by atoms with Crippen LogP contribution in [0.5, 0.6) is 0 Å². The van der Waals surface area contributed by atoms with Crippen LogP contribution in [0, 0.1) is 13.8 Å². The van der Waals surface area contributed by atoms with Crippen LogP contribution < -0.4 is 0 Å². The number of aryl methyl sites for hydroxylation is 2. The first-order chi connectivity index (χ1) is 64.9. The molecule has 24 rings (SSSR count). The topological polar surface area (TPSA) is 9.86 Å². The number of para-hydroxylation sites is 3. The maximum absolute atomic E-state index is 2.42. The van der Waals surface area contributed by atoms with Gasteiger partial charge in [0.2, 0.25) is 0 Å². The minimum Gasteiger partial charge on any atom is -0.309 e. The summed E-state index contributed by atoms with van der Waals surface area (Å²) in [6.07, 6.45) is 0. The van der Waals surface area contributed by atoms with Gasteiger partial charge in [0.1, 0.15) is 0 Å². The van der Waals surface area contributed by atoms with Crippen LogP contribution in [0.15, 0.2) is 479 Å². The van der Waals surface area contributed by atoms with E-state index in [1.807, 2.05) is 0 Å². The fourth-order valence-corrected chi connectivity index (χ4v) is 20.4. The Kier molecular flexibility index (Phi) is 20.4. The van der Waals surface area contributed by atoms with Gasteiger partial charge in [-0.25, -0.2) is 0 Å². The highest BCUT2D eigenvalue weighted by atomic mass is 15.0. The van der Waals surface area contributed by atoms with Crippen LogP contribution in [0.1, 0.15) is 37.5 Å². The standard InChI is InChI=1S/C78H57N.C52H37N/c1-78(2,3)66-43-47-75-71(51-66)70-48-65(42-46-74(70)79(75)67-22-14-7-15-23-67)60-30-28-57(29-31-60)59-34-38-62(39-35-59)77-69-45-41-63(53-18-10-5-11-19-53)49-72(69)76(68-44-40-64(50-73(68)77)54-20-12-6-13-21-54)61-36-32-58(33-37-61)56-26-24-55(25-27-56)52-16-8-4-9-17-52;1-34-18-29-45-47(31-34)51(39-11-5-3-6-12-39)44-28-17-35(2)32-48(44)52(45)40-25-23-37(24-26-40)36-19-21-38(22-20-36)41-27-30-50-46(33-41)43-15-9-10-16-49(43)53(50)42-13-7-4-8-14-42/h4-51H,1-3H3;3-33H,1-2H3.